The summed E-state index contributed by atoms with van der Waals surface area (Å²) in [6.07, 6.45) is 0.307. The van der Waals surface area contributed by atoms with Gasteiger partial charge in [0, 0.05) is 29.3 Å². The van der Waals surface area contributed by atoms with E-state index in [2.05, 4.69) is 20.2 Å². The van der Waals surface area contributed by atoms with E-state index in [1.807, 2.05) is 24.3 Å². The van der Waals surface area contributed by atoms with Crippen molar-refractivity contribution < 1.29 is 17.6 Å². The minimum Gasteiger partial charge on any atom is -0.421 e. The van der Waals surface area contributed by atoms with Crippen LogP contribution in [-0.4, -0.2) is 20.2 Å². The van der Waals surface area contributed by atoms with E-state index in [0.717, 1.165) is 42.1 Å². The molecule has 3 aromatic heterocycles. The molecule has 30 heavy (non-hydrogen) atoms. The Balaban J connectivity index is 1.36. The van der Waals surface area contributed by atoms with E-state index in [9.17, 15) is 13.2 Å². The summed E-state index contributed by atoms with van der Waals surface area (Å²) in [6, 6.07) is 11.9. The van der Waals surface area contributed by atoms with Crippen molar-refractivity contribution in [2.45, 2.75) is 38.8 Å². The van der Waals surface area contributed by atoms with Gasteiger partial charge >= 0.3 is 6.18 Å². The Labute approximate surface area is 171 Å². The number of aromatic nitrogens is 4. The van der Waals surface area contributed by atoms with Crippen molar-refractivity contribution in [3.63, 3.8) is 0 Å². The molecule has 1 aromatic carbocycles. The number of hydrogen-bond acceptors (Lipinski definition) is 5. The number of benzene rings is 1. The first-order valence-electron chi connectivity index (χ1n) is 9.61. The van der Waals surface area contributed by atoms with Crippen LogP contribution < -0.4 is 0 Å². The number of halogens is 3. The maximum Gasteiger partial charge on any atom is 0.416 e. The third-order valence-corrected chi connectivity index (χ3v) is 4.85. The number of pyridine rings is 2. The molecule has 0 unspecified atom stereocenters. The lowest BCUT2D eigenvalue weighted by Crippen LogP contribution is -2.07. The fourth-order valence-corrected chi connectivity index (χ4v) is 3.25. The highest BCUT2D eigenvalue weighted by atomic mass is 19.4. The second-order valence-electron chi connectivity index (χ2n) is 7.09. The lowest BCUT2D eigenvalue weighted by Gasteiger charge is -2.10. The van der Waals surface area contributed by atoms with Crippen LogP contribution in [0.4, 0.5) is 13.2 Å². The van der Waals surface area contributed by atoms with Gasteiger partial charge in [-0.25, -0.2) is 9.97 Å². The van der Waals surface area contributed by atoms with Crippen LogP contribution in [0.5, 0.6) is 0 Å². The molecule has 8 heteroatoms. The zero-order valence-electron chi connectivity index (χ0n) is 16.3. The highest BCUT2D eigenvalue weighted by Crippen LogP contribution is 2.34. The number of nitrogens with zero attached hydrogens (tertiary/aromatic N) is 4. The molecule has 0 saturated heterocycles. The molecular formula is C22H19F3N4O. The fraction of sp³-hybridized carbons (Fsp3) is 0.273. The van der Waals surface area contributed by atoms with Crippen LogP contribution in [0.2, 0.25) is 0 Å². The van der Waals surface area contributed by atoms with Crippen molar-refractivity contribution in [1.82, 2.24) is 20.2 Å². The third-order valence-electron chi connectivity index (χ3n) is 4.85. The number of fused-ring (bicyclic) bond motifs is 1. The van der Waals surface area contributed by atoms with Gasteiger partial charge in [0.05, 0.1) is 5.56 Å². The number of aryl methyl sites for hydroxylation is 3. The van der Waals surface area contributed by atoms with E-state index in [1.54, 1.807) is 12.3 Å². The third kappa shape index (κ3) is 4.48. The van der Waals surface area contributed by atoms with E-state index in [0.29, 0.717) is 12.3 Å². The second-order valence-corrected chi connectivity index (χ2v) is 7.09. The Morgan fingerprint density at radius 1 is 0.967 bits per heavy atom. The highest BCUT2D eigenvalue weighted by Gasteiger charge is 2.32. The summed E-state index contributed by atoms with van der Waals surface area (Å²) in [4.78, 5) is 8.81. The maximum absolute atomic E-state index is 13.1. The summed E-state index contributed by atoms with van der Waals surface area (Å²) in [5.74, 6) is 0.505. The summed E-state index contributed by atoms with van der Waals surface area (Å²) in [6.45, 7) is 1.42. The van der Waals surface area contributed by atoms with E-state index in [4.69, 9.17) is 4.42 Å². The van der Waals surface area contributed by atoms with Gasteiger partial charge in [0.15, 0.2) is 5.65 Å². The van der Waals surface area contributed by atoms with Crippen LogP contribution in [0, 0.1) is 6.92 Å². The molecule has 0 N–H and O–H groups in total. The van der Waals surface area contributed by atoms with Crippen LogP contribution in [-0.2, 0) is 19.0 Å². The lowest BCUT2D eigenvalue weighted by molar-refractivity contribution is -0.138. The highest BCUT2D eigenvalue weighted by molar-refractivity contribution is 5.74. The maximum atomic E-state index is 13.1. The van der Waals surface area contributed by atoms with Crippen LogP contribution >= 0.6 is 0 Å². The monoisotopic (exact) mass is 412 g/mol. The Bertz CT molecular complexity index is 1170. The van der Waals surface area contributed by atoms with Crippen molar-refractivity contribution in [3.05, 3.63) is 71.4 Å². The number of alkyl halides is 3. The smallest absolute Gasteiger partial charge is 0.416 e. The summed E-state index contributed by atoms with van der Waals surface area (Å²) >= 11 is 0. The predicted octanol–water partition coefficient (Wildman–Crippen LogP) is 5.57. The molecule has 3 heterocycles. The molecule has 4 aromatic rings. The molecule has 0 fully saturated rings. The van der Waals surface area contributed by atoms with Gasteiger partial charge < -0.3 is 4.42 Å². The van der Waals surface area contributed by atoms with Gasteiger partial charge in [-0.15, -0.1) is 10.2 Å². The van der Waals surface area contributed by atoms with Crippen molar-refractivity contribution in [2.75, 3.05) is 0 Å². The van der Waals surface area contributed by atoms with Crippen LogP contribution in [0.25, 0.3) is 22.5 Å². The molecule has 154 valence electrons. The normalized spacial score (nSPS) is 11.9. The Kier molecular flexibility index (Phi) is 5.48. The molecule has 0 bridgehead atoms. The standard InChI is InChI=1S/C22H19F3N4O/c1-14-8-9-16(13-18(14)22(23,24)25)21-29-28-19(30-21)7-3-2-6-17-11-10-15-5-4-12-26-20(15)27-17/h4-5,8-13H,2-3,6-7H2,1H3. The van der Waals surface area contributed by atoms with Gasteiger partial charge in [0.1, 0.15) is 0 Å². The van der Waals surface area contributed by atoms with E-state index >= 15 is 0 Å². The summed E-state index contributed by atoms with van der Waals surface area (Å²) in [7, 11) is 0. The minimum atomic E-state index is -4.42. The molecule has 0 amide bonds. The Morgan fingerprint density at radius 3 is 2.63 bits per heavy atom. The quantitative estimate of drug-likeness (QED) is 0.387. The molecule has 4 rings (SSSR count). The first kappa shape index (κ1) is 20.0. The van der Waals surface area contributed by atoms with Crippen LogP contribution in [0.15, 0.2) is 53.1 Å². The first-order chi connectivity index (χ1) is 14.4. The van der Waals surface area contributed by atoms with Gasteiger partial charge in [0.25, 0.3) is 0 Å². The van der Waals surface area contributed by atoms with Crippen molar-refractivity contribution in [1.29, 1.82) is 0 Å². The van der Waals surface area contributed by atoms with Gasteiger partial charge in [-0.3, -0.25) is 0 Å². The predicted molar refractivity (Wildman–Crippen MR) is 106 cm³/mol. The largest absolute Gasteiger partial charge is 0.421 e. The molecule has 0 aliphatic heterocycles. The van der Waals surface area contributed by atoms with Gasteiger partial charge in [-0.2, -0.15) is 13.2 Å². The van der Waals surface area contributed by atoms with Crippen LogP contribution in [0.3, 0.4) is 0 Å². The zero-order valence-corrected chi connectivity index (χ0v) is 16.3. The Hall–Kier alpha value is -3.29. The van der Waals surface area contributed by atoms with Crippen molar-refractivity contribution in [2.24, 2.45) is 0 Å². The van der Waals surface area contributed by atoms with E-state index in [1.165, 1.54) is 13.0 Å². The van der Waals surface area contributed by atoms with E-state index < -0.39 is 11.7 Å². The van der Waals surface area contributed by atoms with Gasteiger partial charge in [-0.1, -0.05) is 6.07 Å². The molecule has 0 aliphatic carbocycles. The second kappa shape index (κ2) is 8.22. The topological polar surface area (TPSA) is 64.7 Å². The molecule has 0 saturated carbocycles. The molecular weight excluding hydrogens is 393 g/mol. The average Bonchev–Trinajstić information content (AvgIpc) is 3.19. The molecule has 0 aliphatic rings. The minimum absolute atomic E-state index is 0.0952. The fourth-order valence-electron chi connectivity index (χ4n) is 3.25. The zero-order chi connectivity index (χ0) is 21.1. The summed E-state index contributed by atoms with van der Waals surface area (Å²) < 4.78 is 44.9. The summed E-state index contributed by atoms with van der Waals surface area (Å²) in [5, 5.41) is 8.88. The lowest BCUT2D eigenvalue weighted by atomic mass is 10.0. The van der Waals surface area contributed by atoms with Crippen LogP contribution in [0.1, 0.15) is 35.6 Å². The Morgan fingerprint density at radius 2 is 1.80 bits per heavy atom. The molecule has 0 spiro atoms. The summed E-state index contributed by atoms with van der Waals surface area (Å²) in [5.41, 5.74) is 1.42. The molecule has 0 atom stereocenters. The van der Waals surface area contributed by atoms with Crippen molar-refractivity contribution >= 4 is 11.0 Å². The van der Waals surface area contributed by atoms with E-state index in [-0.39, 0.29) is 17.0 Å². The number of hydrogen-bond donors (Lipinski definition) is 0. The average molecular weight is 412 g/mol. The molecule has 5 nitrogen and oxygen atoms in total. The molecule has 0 radical (unpaired) electrons. The number of rotatable bonds is 6. The number of unbranched alkanes of at least 4 members (excludes halogenated alkanes) is 1. The van der Waals surface area contributed by atoms with Crippen molar-refractivity contribution in [3.8, 4) is 11.5 Å². The SMILES string of the molecule is Cc1ccc(-c2nnc(CCCCc3ccc4cccnc4n3)o2)cc1C(F)(F)F. The first-order valence-corrected chi connectivity index (χ1v) is 9.61. The van der Waals surface area contributed by atoms with Gasteiger partial charge in [-0.05, 0) is 68.1 Å². The van der Waals surface area contributed by atoms with Gasteiger partial charge in [0.2, 0.25) is 11.8 Å².